The van der Waals surface area contributed by atoms with Crippen LogP contribution in [0.1, 0.15) is 13.3 Å². The third-order valence-electron chi connectivity index (χ3n) is 1.42. The highest BCUT2D eigenvalue weighted by Gasteiger charge is 2.28. The van der Waals surface area contributed by atoms with E-state index in [0.29, 0.717) is 6.54 Å². The number of nitrogens with one attached hydrogen (secondary N) is 2. The van der Waals surface area contributed by atoms with Gasteiger partial charge in [-0.2, -0.15) is 0 Å². The number of rotatable bonds is 2. The van der Waals surface area contributed by atoms with E-state index in [0.717, 1.165) is 0 Å². The van der Waals surface area contributed by atoms with Crippen molar-refractivity contribution in [1.29, 1.82) is 0 Å². The summed E-state index contributed by atoms with van der Waals surface area (Å²) < 4.78 is 0. The minimum atomic E-state index is -0.294. The Labute approximate surface area is 59.0 Å². The van der Waals surface area contributed by atoms with Crippen LogP contribution >= 0.6 is 0 Å². The van der Waals surface area contributed by atoms with Gasteiger partial charge in [0.1, 0.15) is 0 Å². The van der Waals surface area contributed by atoms with E-state index in [1.807, 2.05) is 6.92 Å². The fourth-order valence-electron chi connectivity index (χ4n) is 0.965. The molecule has 0 aromatic rings. The van der Waals surface area contributed by atoms with Crippen molar-refractivity contribution in [2.24, 2.45) is 0 Å². The van der Waals surface area contributed by atoms with E-state index in [2.05, 4.69) is 10.6 Å². The average Bonchev–Trinajstić information content (AvgIpc) is 2.13. The number of hydrogen-bond donors (Lipinski definition) is 2. The Morgan fingerprint density at radius 3 is 2.80 bits per heavy atom. The van der Waals surface area contributed by atoms with Gasteiger partial charge in [-0.3, -0.25) is 14.9 Å². The summed E-state index contributed by atoms with van der Waals surface area (Å²) in [5.41, 5.74) is 0. The molecule has 1 saturated heterocycles. The van der Waals surface area contributed by atoms with Crippen LogP contribution in [0.5, 0.6) is 0 Å². The quantitative estimate of drug-likeness (QED) is 0.487. The molecular weight excluding hydrogens is 132 g/mol. The minimum Gasteiger partial charge on any atom is -0.306 e. The van der Waals surface area contributed by atoms with Crippen LogP contribution in [0.3, 0.4) is 0 Å². The molecule has 0 aromatic carbocycles. The van der Waals surface area contributed by atoms with E-state index < -0.39 is 0 Å². The molecule has 10 heavy (non-hydrogen) atoms. The lowest BCUT2D eigenvalue weighted by Gasteiger charge is -2.03. The summed E-state index contributed by atoms with van der Waals surface area (Å²) in [4.78, 5) is 21.3. The zero-order valence-corrected chi connectivity index (χ0v) is 5.81. The van der Waals surface area contributed by atoms with Gasteiger partial charge in [0.2, 0.25) is 11.8 Å². The third kappa shape index (κ3) is 1.33. The Hall–Kier alpha value is -0.900. The van der Waals surface area contributed by atoms with E-state index in [4.69, 9.17) is 0 Å². The molecule has 0 unspecified atom stereocenters. The van der Waals surface area contributed by atoms with Gasteiger partial charge >= 0.3 is 0 Å². The Morgan fingerprint density at radius 1 is 1.70 bits per heavy atom. The molecule has 1 atom stereocenters. The lowest BCUT2D eigenvalue weighted by atomic mass is 10.2. The van der Waals surface area contributed by atoms with Gasteiger partial charge in [0, 0.05) is 0 Å². The molecule has 4 heteroatoms. The van der Waals surface area contributed by atoms with E-state index in [1.165, 1.54) is 0 Å². The van der Waals surface area contributed by atoms with Gasteiger partial charge in [0.15, 0.2) is 0 Å². The summed E-state index contributed by atoms with van der Waals surface area (Å²) in [5, 5.41) is 5.10. The summed E-state index contributed by atoms with van der Waals surface area (Å²) in [6, 6.07) is -0.294. The first-order chi connectivity index (χ1) is 4.74. The fraction of sp³-hybridized carbons (Fsp3) is 0.667. The molecule has 0 bridgehead atoms. The lowest BCUT2D eigenvalue weighted by Crippen LogP contribution is -2.35. The zero-order valence-electron chi connectivity index (χ0n) is 5.81. The Morgan fingerprint density at radius 2 is 2.40 bits per heavy atom. The molecule has 1 aliphatic heterocycles. The van der Waals surface area contributed by atoms with E-state index >= 15 is 0 Å². The predicted molar refractivity (Wildman–Crippen MR) is 35.2 cm³/mol. The molecule has 2 amide bonds. The molecule has 1 fully saturated rings. The van der Waals surface area contributed by atoms with Crippen LogP contribution in [0.15, 0.2) is 0 Å². The standard InChI is InChI=1S/C6H10N2O2/c1-2-7-4-3-5(9)8-6(4)10/h4,7H,2-3H2,1H3,(H,8,9,10)/t4-/m1/s1. The summed E-state index contributed by atoms with van der Waals surface area (Å²) in [5.74, 6) is -0.386. The predicted octanol–water partition coefficient (Wildman–Crippen LogP) is -0.989. The van der Waals surface area contributed by atoms with Gasteiger partial charge < -0.3 is 5.32 Å². The van der Waals surface area contributed by atoms with Gasteiger partial charge in [0.25, 0.3) is 0 Å². The number of imide groups is 1. The Balaban J connectivity index is 2.46. The smallest absolute Gasteiger partial charge is 0.244 e. The van der Waals surface area contributed by atoms with Crippen molar-refractivity contribution >= 4 is 11.8 Å². The van der Waals surface area contributed by atoms with E-state index in [9.17, 15) is 9.59 Å². The van der Waals surface area contributed by atoms with Crippen molar-refractivity contribution in [1.82, 2.24) is 10.6 Å². The molecule has 56 valence electrons. The molecular formula is C6H10N2O2. The number of carbonyl (C=O) groups is 2. The molecule has 1 aliphatic rings. The number of carbonyl (C=O) groups excluding carboxylic acids is 2. The molecule has 1 rings (SSSR count). The molecule has 0 aromatic heterocycles. The average molecular weight is 142 g/mol. The van der Waals surface area contributed by atoms with Crippen molar-refractivity contribution < 1.29 is 9.59 Å². The molecule has 2 N–H and O–H groups in total. The van der Waals surface area contributed by atoms with Crippen LogP contribution in [0.25, 0.3) is 0 Å². The first-order valence-corrected chi connectivity index (χ1v) is 3.31. The first kappa shape index (κ1) is 7.21. The lowest BCUT2D eigenvalue weighted by molar-refractivity contribution is -0.125. The summed E-state index contributed by atoms with van der Waals surface area (Å²) >= 11 is 0. The largest absolute Gasteiger partial charge is 0.306 e. The van der Waals surface area contributed by atoms with Gasteiger partial charge in [-0.25, -0.2) is 0 Å². The maximum Gasteiger partial charge on any atom is 0.244 e. The van der Waals surface area contributed by atoms with Crippen LogP contribution in [0, 0.1) is 0 Å². The summed E-state index contributed by atoms with van der Waals surface area (Å²) in [6.07, 6.45) is 0.284. The van der Waals surface area contributed by atoms with E-state index in [1.54, 1.807) is 0 Å². The highest BCUT2D eigenvalue weighted by molar-refractivity contribution is 6.05. The molecule has 0 radical (unpaired) electrons. The Bertz CT molecular complexity index is 167. The van der Waals surface area contributed by atoms with Crippen LogP contribution in [0.2, 0.25) is 0 Å². The monoisotopic (exact) mass is 142 g/mol. The Kier molecular flexibility index (Phi) is 2.01. The SMILES string of the molecule is CCN[C@@H]1CC(=O)NC1=O. The highest BCUT2D eigenvalue weighted by atomic mass is 16.2. The van der Waals surface area contributed by atoms with Gasteiger partial charge in [-0.05, 0) is 6.54 Å². The fourth-order valence-corrected chi connectivity index (χ4v) is 0.965. The third-order valence-corrected chi connectivity index (χ3v) is 1.42. The second-order valence-corrected chi connectivity index (χ2v) is 2.23. The maximum atomic E-state index is 10.8. The second-order valence-electron chi connectivity index (χ2n) is 2.23. The van der Waals surface area contributed by atoms with Crippen molar-refractivity contribution in [3.8, 4) is 0 Å². The van der Waals surface area contributed by atoms with Gasteiger partial charge in [-0.15, -0.1) is 0 Å². The van der Waals surface area contributed by atoms with Crippen LogP contribution in [0.4, 0.5) is 0 Å². The van der Waals surface area contributed by atoms with Crippen molar-refractivity contribution in [3.63, 3.8) is 0 Å². The number of amides is 2. The topological polar surface area (TPSA) is 58.2 Å². The van der Waals surface area contributed by atoms with Gasteiger partial charge in [-0.1, -0.05) is 6.92 Å². The van der Waals surface area contributed by atoms with Crippen LogP contribution in [-0.2, 0) is 9.59 Å². The molecule has 1 heterocycles. The number of hydrogen-bond acceptors (Lipinski definition) is 3. The van der Waals surface area contributed by atoms with Crippen molar-refractivity contribution in [3.05, 3.63) is 0 Å². The minimum absolute atomic E-state index is 0.184. The summed E-state index contributed by atoms with van der Waals surface area (Å²) in [6.45, 7) is 2.61. The summed E-state index contributed by atoms with van der Waals surface area (Å²) in [7, 11) is 0. The molecule has 0 spiro atoms. The normalized spacial score (nSPS) is 25.1. The van der Waals surface area contributed by atoms with E-state index in [-0.39, 0.29) is 24.3 Å². The zero-order chi connectivity index (χ0) is 7.56. The maximum absolute atomic E-state index is 10.8. The second kappa shape index (κ2) is 2.79. The van der Waals surface area contributed by atoms with Crippen LogP contribution < -0.4 is 10.6 Å². The van der Waals surface area contributed by atoms with Crippen LogP contribution in [-0.4, -0.2) is 24.4 Å². The first-order valence-electron chi connectivity index (χ1n) is 3.31. The molecule has 0 saturated carbocycles. The molecule has 0 aliphatic carbocycles. The van der Waals surface area contributed by atoms with Crippen molar-refractivity contribution in [2.45, 2.75) is 19.4 Å². The highest BCUT2D eigenvalue weighted by Crippen LogP contribution is 1.99. The van der Waals surface area contributed by atoms with Crippen molar-refractivity contribution in [2.75, 3.05) is 6.54 Å². The van der Waals surface area contributed by atoms with Gasteiger partial charge in [0.05, 0.1) is 12.5 Å². The number of likely N-dealkylation sites (N-methyl/N-ethyl adjacent to an activating group) is 1. The molecule has 4 nitrogen and oxygen atoms in total.